The van der Waals surface area contributed by atoms with Crippen LogP contribution in [0.15, 0.2) is 41.5 Å². The Morgan fingerprint density at radius 3 is 2.60 bits per heavy atom. The number of rotatable bonds is 2. The second-order valence-corrected chi connectivity index (χ2v) is 5.18. The molecule has 20 heavy (non-hydrogen) atoms. The number of hydrogen-bond acceptors (Lipinski definition) is 4. The highest BCUT2D eigenvalue weighted by molar-refractivity contribution is 6.32. The Morgan fingerprint density at radius 2 is 1.95 bits per heavy atom. The molecule has 1 aromatic heterocycles. The van der Waals surface area contributed by atoms with Crippen molar-refractivity contribution < 1.29 is 5.11 Å². The Bertz CT molecular complexity index is 655. The van der Waals surface area contributed by atoms with Crippen LogP contribution in [0.25, 0.3) is 11.3 Å². The Balaban J connectivity index is 1.99. The predicted molar refractivity (Wildman–Crippen MR) is 83.4 cm³/mol. The standard InChI is InChI=1S/C15H16BN3O/c1-19-9-11(8-17-19)13-6-7-14(20)15(18-13)10-2-4-12(16)5-3-10/h2-8,11,20H,9,16H2,1H3. The Hall–Kier alpha value is -2.30. The van der Waals surface area contributed by atoms with Crippen molar-refractivity contribution in [3.05, 3.63) is 42.1 Å². The molecule has 2 heterocycles. The van der Waals surface area contributed by atoms with Gasteiger partial charge in [-0.05, 0) is 12.1 Å². The highest BCUT2D eigenvalue weighted by atomic mass is 16.3. The number of hydrazone groups is 1. The Morgan fingerprint density at radius 1 is 1.20 bits per heavy atom. The van der Waals surface area contributed by atoms with E-state index in [-0.39, 0.29) is 11.7 Å². The molecule has 1 aliphatic rings. The zero-order valence-electron chi connectivity index (χ0n) is 11.6. The lowest BCUT2D eigenvalue weighted by Crippen LogP contribution is -2.13. The van der Waals surface area contributed by atoms with Crippen molar-refractivity contribution in [2.75, 3.05) is 13.6 Å². The van der Waals surface area contributed by atoms with E-state index in [1.807, 2.05) is 56.4 Å². The van der Waals surface area contributed by atoms with E-state index in [2.05, 4.69) is 10.1 Å². The van der Waals surface area contributed by atoms with Crippen molar-refractivity contribution >= 4 is 19.5 Å². The van der Waals surface area contributed by atoms with E-state index in [0.717, 1.165) is 17.8 Å². The third kappa shape index (κ3) is 2.39. The Kier molecular flexibility index (Phi) is 3.18. The first-order chi connectivity index (χ1) is 9.63. The molecule has 5 heteroatoms. The molecule has 3 rings (SSSR count). The van der Waals surface area contributed by atoms with Gasteiger partial charge in [0.15, 0.2) is 0 Å². The largest absolute Gasteiger partial charge is 0.506 e. The van der Waals surface area contributed by atoms with E-state index >= 15 is 0 Å². The lowest BCUT2D eigenvalue weighted by Gasteiger charge is -2.12. The maximum Gasteiger partial charge on any atom is 0.141 e. The SMILES string of the molecule is Bc1ccc(-c2nc(C3C=NN(C)C3)ccc2O)cc1. The molecule has 1 aromatic carbocycles. The van der Waals surface area contributed by atoms with E-state index in [1.165, 1.54) is 5.46 Å². The van der Waals surface area contributed by atoms with Crippen LogP contribution in [0.1, 0.15) is 11.6 Å². The number of benzene rings is 1. The van der Waals surface area contributed by atoms with Gasteiger partial charge in [0, 0.05) is 25.4 Å². The summed E-state index contributed by atoms with van der Waals surface area (Å²) in [5.74, 6) is 0.394. The first-order valence-electron chi connectivity index (χ1n) is 6.65. The summed E-state index contributed by atoms with van der Waals surface area (Å²) < 4.78 is 0. The van der Waals surface area contributed by atoms with Gasteiger partial charge in [-0.3, -0.25) is 5.01 Å². The lowest BCUT2D eigenvalue weighted by atomic mass is 9.94. The fourth-order valence-electron chi connectivity index (χ4n) is 2.34. The van der Waals surface area contributed by atoms with Crippen molar-refractivity contribution in [2.24, 2.45) is 5.10 Å². The van der Waals surface area contributed by atoms with Crippen LogP contribution in [0, 0.1) is 0 Å². The van der Waals surface area contributed by atoms with E-state index in [4.69, 9.17) is 0 Å². The number of likely N-dealkylation sites (N-methyl/N-ethyl adjacent to an activating group) is 1. The first kappa shape index (κ1) is 12.7. The van der Waals surface area contributed by atoms with Crippen LogP contribution in [0.2, 0.25) is 0 Å². The molecule has 2 aromatic rings. The average molecular weight is 265 g/mol. The number of aromatic hydroxyl groups is 1. The molecular formula is C15H16BN3O. The summed E-state index contributed by atoms with van der Waals surface area (Å²) in [7, 11) is 3.98. The van der Waals surface area contributed by atoms with Gasteiger partial charge in [-0.1, -0.05) is 29.7 Å². The van der Waals surface area contributed by atoms with Gasteiger partial charge in [-0.2, -0.15) is 5.10 Å². The van der Waals surface area contributed by atoms with E-state index in [9.17, 15) is 5.11 Å². The van der Waals surface area contributed by atoms with Crippen LogP contribution in [-0.2, 0) is 0 Å². The molecule has 0 radical (unpaired) electrons. The van der Waals surface area contributed by atoms with Gasteiger partial charge in [0.2, 0.25) is 0 Å². The summed E-state index contributed by atoms with van der Waals surface area (Å²) in [4.78, 5) is 4.62. The molecule has 0 spiro atoms. The zero-order chi connectivity index (χ0) is 14.1. The van der Waals surface area contributed by atoms with Crippen molar-refractivity contribution in [1.29, 1.82) is 0 Å². The van der Waals surface area contributed by atoms with Crippen molar-refractivity contribution in [3.8, 4) is 17.0 Å². The number of aromatic nitrogens is 1. The first-order valence-corrected chi connectivity index (χ1v) is 6.65. The van der Waals surface area contributed by atoms with Crippen molar-refractivity contribution in [1.82, 2.24) is 9.99 Å². The quantitative estimate of drug-likeness (QED) is 0.814. The van der Waals surface area contributed by atoms with E-state index in [0.29, 0.717) is 5.69 Å². The van der Waals surface area contributed by atoms with Gasteiger partial charge >= 0.3 is 0 Å². The molecule has 0 bridgehead atoms. The van der Waals surface area contributed by atoms with Crippen molar-refractivity contribution in [2.45, 2.75) is 5.92 Å². The predicted octanol–water partition coefficient (Wildman–Crippen LogP) is 0.727. The number of nitrogens with zero attached hydrogens (tertiary/aromatic N) is 3. The molecule has 1 N–H and O–H groups in total. The highest BCUT2D eigenvalue weighted by Crippen LogP contribution is 2.29. The van der Waals surface area contributed by atoms with E-state index < -0.39 is 0 Å². The van der Waals surface area contributed by atoms with Gasteiger partial charge in [0.05, 0.1) is 11.6 Å². The molecule has 1 unspecified atom stereocenters. The molecule has 0 aliphatic carbocycles. The molecule has 4 nitrogen and oxygen atoms in total. The molecule has 0 saturated carbocycles. The molecule has 0 amide bonds. The number of pyridine rings is 1. The fourth-order valence-corrected chi connectivity index (χ4v) is 2.34. The summed E-state index contributed by atoms with van der Waals surface area (Å²) in [5, 5.41) is 16.2. The minimum atomic E-state index is 0.185. The summed E-state index contributed by atoms with van der Waals surface area (Å²) in [6.45, 7) is 0.825. The summed E-state index contributed by atoms with van der Waals surface area (Å²) in [5.41, 5.74) is 3.68. The Labute approximate surface area is 119 Å². The van der Waals surface area contributed by atoms with E-state index in [1.54, 1.807) is 6.07 Å². The normalized spacial score (nSPS) is 17.6. The molecule has 100 valence electrons. The summed E-state index contributed by atoms with van der Waals surface area (Å²) >= 11 is 0. The minimum absolute atomic E-state index is 0.185. The maximum absolute atomic E-state index is 10.0. The van der Waals surface area contributed by atoms with Crippen LogP contribution in [0.3, 0.4) is 0 Å². The third-order valence-corrected chi connectivity index (χ3v) is 3.51. The fraction of sp³-hybridized carbons (Fsp3) is 0.200. The van der Waals surface area contributed by atoms with Crippen LogP contribution in [0.5, 0.6) is 5.75 Å². The number of hydrogen-bond donors (Lipinski definition) is 1. The van der Waals surface area contributed by atoms with Gasteiger partial charge in [0.1, 0.15) is 19.3 Å². The molecule has 1 aliphatic heterocycles. The van der Waals surface area contributed by atoms with Crippen molar-refractivity contribution in [3.63, 3.8) is 0 Å². The topological polar surface area (TPSA) is 48.7 Å². The smallest absolute Gasteiger partial charge is 0.141 e. The van der Waals surface area contributed by atoms with Crippen LogP contribution < -0.4 is 5.46 Å². The molecule has 0 fully saturated rings. The minimum Gasteiger partial charge on any atom is -0.506 e. The van der Waals surface area contributed by atoms with Crippen LogP contribution in [0.4, 0.5) is 0 Å². The molecule has 0 saturated heterocycles. The summed E-state index contributed by atoms with van der Waals surface area (Å²) in [6, 6.07) is 11.6. The molecule has 1 atom stereocenters. The second kappa shape index (κ2) is 5.00. The van der Waals surface area contributed by atoms with Gasteiger partial charge in [-0.15, -0.1) is 0 Å². The third-order valence-electron chi connectivity index (χ3n) is 3.51. The monoisotopic (exact) mass is 265 g/mol. The second-order valence-electron chi connectivity index (χ2n) is 5.18. The van der Waals surface area contributed by atoms with Gasteiger partial charge < -0.3 is 5.11 Å². The van der Waals surface area contributed by atoms with Gasteiger partial charge in [-0.25, -0.2) is 4.98 Å². The lowest BCUT2D eigenvalue weighted by molar-refractivity contribution is 0.380. The zero-order valence-corrected chi connectivity index (χ0v) is 11.6. The van der Waals surface area contributed by atoms with Crippen LogP contribution >= 0.6 is 0 Å². The average Bonchev–Trinajstić information content (AvgIpc) is 2.87. The van der Waals surface area contributed by atoms with Crippen LogP contribution in [-0.4, -0.2) is 42.8 Å². The molecular weight excluding hydrogens is 249 g/mol. The highest BCUT2D eigenvalue weighted by Gasteiger charge is 2.19. The maximum atomic E-state index is 10.0. The van der Waals surface area contributed by atoms with Gasteiger partial charge in [0.25, 0.3) is 0 Å². The summed E-state index contributed by atoms with van der Waals surface area (Å²) in [6.07, 6.45) is 1.90.